The maximum atomic E-state index is 5.65. The number of aromatic nitrogens is 2. The fourth-order valence-electron chi connectivity index (χ4n) is 1.17. The molecule has 78 valence electrons. The van der Waals surface area contributed by atoms with E-state index in [9.17, 15) is 0 Å². The molecule has 1 aromatic heterocycles. The standard InChI is InChI=1S/C10H11N3OS/c1-7-3-2-4-8(5-7)14-6-9-10(11)15-13-12-9/h2-5H,6,11H2,1H3. The van der Waals surface area contributed by atoms with E-state index in [4.69, 9.17) is 10.5 Å². The van der Waals surface area contributed by atoms with Gasteiger partial charge in [-0.3, -0.25) is 0 Å². The third-order valence-electron chi connectivity index (χ3n) is 1.95. The molecule has 0 aliphatic rings. The highest BCUT2D eigenvalue weighted by Gasteiger charge is 2.04. The van der Waals surface area contributed by atoms with Gasteiger partial charge in [0, 0.05) is 11.5 Å². The molecule has 0 fully saturated rings. The molecule has 0 saturated carbocycles. The Morgan fingerprint density at radius 3 is 3.00 bits per heavy atom. The lowest BCUT2D eigenvalue weighted by Gasteiger charge is -2.04. The van der Waals surface area contributed by atoms with Crippen molar-refractivity contribution < 1.29 is 4.74 Å². The normalized spacial score (nSPS) is 10.2. The summed E-state index contributed by atoms with van der Waals surface area (Å²) in [4.78, 5) is 0. The molecule has 15 heavy (non-hydrogen) atoms. The SMILES string of the molecule is Cc1cccc(OCc2nnsc2N)c1. The second-order valence-electron chi connectivity index (χ2n) is 3.19. The molecule has 2 rings (SSSR count). The quantitative estimate of drug-likeness (QED) is 0.861. The number of benzene rings is 1. The lowest BCUT2D eigenvalue weighted by Crippen LogP contribution is -1.99. The Balaban J connectivity index is 2.02. The number of nitrogens with two attached hydrogens (primary N) is 1. The van der Waals surface area contributed by atoms with Crippen LogP contribution >= 0.6 is 11.5 Å². The molecule has 0 amide bonds. The molecular weight excluding hydrogens is 210 g/mol. The number of anilines is 1. The smallest absolute Gasteiger partial charge is 0.136 e. The second kappa shape index (κ2) is 4.27. The molecule has 0 saturated heterocycles. The average molecular weight is 221 g/mol. The summed E-state index contributed by atoms with van der Waals surface area (Å²) in [7, 11) is 0. The van der Waals surface area contributed by atoms with E-state index >= 15 is 0 Å². The van der Waals surface area contributed by atoms with Gasteiger partial charge in [0.1, 0.15) is 23.1 Å². The molecule has 2 aromatic rings. The minimum atomic E-state index is 0.367. The highest BCUT2D eigenvalue weighted by Crippen LogP contribution is 2.17. The first-order chi connectivity index (χ1) is 7.25. The van der Waals surface area contributed by atoms with Crippen LogP contribution in [-0.4, -0.2) is 9.59 Å². The zero-order chi connectivity index (χ0) is 10.7. The Morgan fingerprint density at radius 1 is 1.47 bits per heavy atom. The van der Waals surface area contributed by atoms with Gasteiger partial charge in [-0.25, -0.2) is 0 Å². The van der Waals surface area contributed by atoms with Crippen LogP contribution in [0.15, 0.2) is 24.3 Å². The van der Waals surface area contributed by atoms with Crippen LogP contribution in [-0.2, 0) is 6.61 Å². The van der Waals surface area contributed by atoms with Crippen LogP contribution in [0.1, 0.15) is 11.3 Å². The molecule has 1 heterocycles. The molecule has 5 heteroatoms. The summed E-state index contributed by atoms with van der Waals surface area (Å²) in [5, 5.41) is 4.49. The minimum absolute atomic E-state index is 0.367. The number of nitrogens with zero attached hydrogens (tertiary/aromatic N) is 2. The summed E-state index contributed by atoms with van der Waals surface area (Å²) in [6, 6.07) is 7.85. The van der Waals surface area contributed by atoms with E-state index in [0.717, 1.165) is 11.3 Å². The van der Waals surface area contributed by atoms with Crippen molar-refractivity contribution in [3.05, 3.63) is 35.5 Å². The van der Waals surface area contributed by atoms with Gasteiger partial charge in [-0.15, -0.1) is 5.10 Å². The Labute approximate surface area is 91.9 Å². The fraction of sp³-hybridized carbons (Fsp3) is 0.200. The average Bonchev–Trinajstić information content (AvgIpc) is 2.61. The van der Waals surface area contributed by atoms with Crippen molar-refractivity contribution in [3.63, 3.8) is 0 Å². The van der Waals surface area contributed by atoms with Crippen molar-refractivity contribution in [1.29, 1.82) is 0 Å². The van der Waals surface area contributed by atoms with E-state index in [-0.39, 0.29) is 0 Å². The number of aryl methyl sites for hydroxylation is 1. The summed E-state index contributed by atoms with van der Waals surface area (Å²) in [6.07, 6.45) is 0. The van der Waals surface area contributed by atoms with Crippen LogP contribution in [0.2, 0.25) is 0 Å². The van der Waals surface area contributed by atoms with E-state index in [1.54, 1.807) is 0 Å². The highest BCUT2D eigenvalue weighted by molar-refractivity contribution is 7.09. The first kappa shape index (κ1) is 9.92. The van der Waals surface area contributed by atoms with Crippen molar-refractivity contribution in [2.45, 2.75) is 13.5 Å². The monoisotopic (exact) mass is 221 g/mol. The molecule has 0 aliphatic carbocycles. The molecule has 0 aliphatic heterocycles. The largest absolute Gasteiger partial charge is 0.487 e. The highest BCUT2D eigenvalue weighted by atomic mass is 32.1. The van der Waals surface area contributed by atoms with E-state index in [1.807, 2.05) is 31.2 Å². The van der Waals surface area contributed by atoms with Crippen molar-refractivity contribution in [2.24, 2.45) is 0 Å². The maximum Gasteiger partial charge on any atom is 0.136 e. The predicted molar refractivity (Wildman–Crippen MR) is 59.8 cm³/mol. The van der Waals surface area contributed by atoms with E-state index in [2.05, 4.69) is 9.59 Å². The number of hydrogen-bond donors (Lipinski definition) is 1. The number of ether oxygens (including phenoxy) is 1. The molecule has 1 aromatic carbocycles. The van der Waals surface area contributed by atoms with Crippen molar-refractivity contribution in [2.75, 3.05) is 5.73 Å². The molecule has 0 bridgehead atoms. The zero-order valence-corrected chi connectivity index (χ0v) is 9.12. The van der Waals surface area contributed by atoms with Gasteiger partial charge in [-0.2, -0.15) is 0 Å². The van der Waals surface area contributed by atoms with Crippen LogP contribution in [0.4, 0.5) is 5.00 Å². The molecule has 0 spiro atoms. The summed E-state index contributed by atoms with van der Waals surface area (Å²) >= 11 is 1.18. The van der Waals surface area contributed by atoms with Gasteiger partial charge >= 0.3 is 0 Å². The van der Waals surface area contributed by atoms with Crippen molar-refractivity contribution in [3.8, 4) is 5.75 Å². The first-order valence-electron chi connectivity index (χ1n) is 4.52. The van der Waals surface area contributed by atoms with Gasteiger partial charge in [0.2, 0.25) is 0 Å². The molecule has 2 N–H and O–H groups in total. The first-order valence-corrected chi connectivity index (χ1v) is 5.29. The van der Waals surface area contributed by atoms with Gasteiger partial charge in [-0.05, 0) is 24.6 Å². The summed E-state index contributed by atoms with van der Waals surface area (Å²) in [5.41, 5.74) is 7.51. The van der Waals surface area contributed by atoms with Gasteiger partial charge in [0.05, 0.1) is 0 Å². The minimum Gasteiger partial charge on any atom is -0.487 e. The Hall–Kier alpha value is -1.62. The Kier molecular flexibility index (Phi) is 2.82. The zero-order valence-electron chi connectivity index (χ0n) is 8.30. The van der Waals surface area contributed by atoms with Crippen LogP contribution in [0.25, 0.3) is 0 Å². The van der Waals surface area contributed by atoms with Crippen LogP contribution in [0.3, 0.4) is 0 Å². The maximum absolute atomic E-state index is 5.65. The van der Waals surface area contributed by atoms with Crippen molar-refractivity contribution in [1.82, 2.24) is 9.59 Å². The van der Waals surface area contributed by atoms with E-state index in [1.165, 1.54) is 11.5 Å². The Bertz CT molecular complexity index is 455. The molecular formula is C10H11N3OS. The number of hydrogen-bond acceptors (Lipinski definition) is 5. The molecule has 4 nitrogen and oxygen atoms in total. The molecule has 0 unspecified atom stereocenters. The van der Waals surface area contributed by atoms with Gasteiger partial charge in [0.25, 0.3) is 0 Å². The summed E-state index contributed by atoms with van der Waals surface area (Å²) in [5.74, 6) is 0.822. The van der Waals surface area contributed by atoms with E-state index < -0.39 is 0 Å². The van der Waals surface area contributed by atoms with Crippen LogP contribution in [0, 0.1) is 6.92 Å². The third kappa shape index (κ3) is 2.44. The van der Waals surface area contributed by atoms with Gasteiger partial charge in [-0.1, -0.05) is 16.6 Å². The molecule has 0 radical (unpaired) electrons. The number of nitrogen functional groups attached to an aromatic ring is 1. The second-order valence-corrected chi connectivity index (χ2v) is 3.97. The van der Waals surface area contributed by atoms with E-state index in [0.29, 0.717) is 17.3 Å². The van der Waals surface area contributed by atoms with Gasteiger partial charge in [0.15, 0.2) is 0 Å². The van der Waals surface area contributed by atoms with Crippen LogP contribution < -0.4 is 10.5 Å². The third-order valence-corrected chi connectivity index (χ3v) is 2.55. The predicted octanol–water partition coefficient (Wildman–Crippen LogP) is 2.01. The lowest BCUT2D eigenvalue weighted by atomic mass is 10.2. The Morgan fingerprint density at radius 2 is 2.33 bits per heavy atom. The lowest BCUT2D eigenvalue weighted by molar-refractivity contribution is 0.301. The number of rotatable bonds is 3. The topological polar surface area (TPSA) is 61.0 Å². The summed E-state index contributed by atoms with van der Waals surface area (Å²) < 4.78 is 9.27. The van der Waals surface area contributed by atoms with Crippen LogP contribution in [0.5, 0.6) is 5.75 Å². The fourth-order valence-corrected chi connectivity index (χ4v) is 1.60. The van der Waals surface area contributed by atoms with Crippen molar-refractivity contribution >= 4 is 16.5 Å². The summed E-state index contributed by atoms with van der Waals surface area (Å²) in [6.45, 7) is 2.39. The van der Waals surface area contributed by atoms with Gasteiger partial charge < -0.3 is 10.5 Å². The molecule has 0 atom stereocenters.